The maximum absolute atomic E-state index is 11.4. The monoisotopic (exact) mass is 331 g/mol. The molecule has 0 bridgehead atoms. The number of hydrogen-bond acceptors (Lipinski definition) is 3. The summed E-state index contributed by atoms with van der Waals surface area (Å²) in [5.41, 5.74) is 2.38. The Morgan fingerprint density at radius 3 is 2.21 bits per heavy atom. The minimum atomic E-state index is 0.151. The fourth-order valence-corrected chi connectivity index (χ4v) is 2.72. The lowest BCUT2D eigenvalue weighted by molar-refractivity contribution is -0.130. The number of rotatable bonds is 4. The molecule has 0 radical (unpaired) electrons. The predicted octanol–water partition coefficient (Wildman–Crippen LogP) is 1.38. The highest BCUT2D eigenvalue weighted by Gasteiger charge is 2.20. The van der Waals surface area contributed by atoms with Crippen LogP contribution in [0.3, 0.4) is 0 Å². The Labute approximate surface area is 145 Å². The highest BCUT2D eigenvalue weighted by molar-refractivity contribution is 5.80. The molecule has 1 saturated heterocycles. The van der Waals surface area contributed by atoms with E-state index in [0.29, 0.717) is 6.54 Å². The van der Waals surface area contributed by atoms with E-state index >= 15 is 0 Å². The first-order chi connectivity index (χ1) is 11.5. The number of anilines is 1. The maximum atomic E-state index is 11.4. The van der Waals surface area contributed by atoms with Gasteiger partial charge in [0, 0.05) is 59.4 Å². The summed E-state index contributed by atoms with van der Waals surface area (Å²) in [5.74, 6) is 1.08. The van der Waals surface area contributed by atoms with Crippen molar-refractivity contribution >= 4 is 17.6 Å². The van der Waals surface area contributed by atoms with Gasteiger partial charge in [-0.25, -0.2) is 4.99 Å². The van der Waals surface area contributed by atoms with Gasteiger partial charge in [-0.15, -0.1) is 0 Å². The lowest BCUT2D eigenvalue weighted by atomic mass is 10.2. The van der Waals surface area contributed by atoms with Crippen molar-refractivity contribution in [1.82, 2.24) is 15.1 Å². The van der Waals surface area contributed by atoms with E-state index in [9.17, 15) is 4.79 Å². The van der Waals surface area contributed by atoms with E-state index in [4.69, 9.17) is 4.99 Å². The molecule has 0 atom stereocenters. The number of guanidine groups is 1. The predicted molar refractivity (Wildman–Crippen MR) is 99.4 cm³/mol. The molecule has 1 aliphatic heterocycles. The zero-order chi connectivity index (χ0) is 17.5. The molecule has 2 rings (SSSR count). The highest BCUT2D eigenvalue weighted by Crippen LogP contribution is 2.13. The Bertz CT molecular complexity index is 559. The number of carbonyl (C=O) groups excluding carboxylic acids is 1. The first-order valence-corrected chi connectivity index (χ1v) is 8.56. The number of hydrogen-bond donors (Lipinski definition) is 1. The van der Waals surface area contributed by atoms with Crippen LogP contribution < -0.4 is 10.2 Å². The van der Waals surface area contributed by atoms with Crippen LogP contribution in [0.4, 0.5) is 5.69 Å². The van der Waals surface area contributed by atoms with Crippen molar-refractivity contribution in [2.75, 3.05) is 51.7 Å². The zero-order valence-electron chi connectivity index (χ0n) is 15.2. The molecule has 0 unspecified atom stereocenters. The molecule has 0 aliphatic carbocycles. The second-order valence-electron chi connectivity index (χ2n) is 6.22. The van der Waals surface area contributed by atoms with Gasteiger partial charge in [-0.1, -0.05) is 12.1 Å². The number of benzene rings is 1. The van der Waals surface area contributed by atoms with Crippen LogP contribution in [0, 0.1) is 0 Å². The molecule has 1 aromatic carbocycles. The van der Waals surface area contributed by atoms with Crippen LogP contribution >= 0.6 is 0 Å². The Morgan fingerprint density at radius 2 is 1.71 bits per heavy atom. The average molecular weight is 331 g/mol. The Hall–Kier alpha value is -2.24. The van der Waals surface area contributed by atoms with Gasteiger partial charge in [-0.3, -0.25) is 4.79 Å². The SMILES string of the molecule is CCNC(=NCc1ccc(N(C)C)cc1)N1CCN(C(C)=O)CC1. The molecule has 1 fully saturated rings. The molecule has 1 heterocycles. The van der Waals surface area contributed by atoms with Crippen molar-refractivity contribution in [3.05, 3.63) is 29.8 Å². The van der Waals surface area contributed by atoms with Crippen LogP contribution in [0.1, 0.15) is 19.4 Å². The van der Waals surface area contributed by atoms with Gasteiger partial charge in [-0.2, -0.15) is 0 Å². The third-order valence-corrected chi connectivity index (χ3v) is 4.22. The molecule has 1 aliphatic rings. The molecule has 0 spiro atoms. The first-order valence-electron chi connectivity index (χ1n) is 8.56. The van der Waals surface area contributed by atoms with Gasteiger partial charge >= 0.3 is 0 Å². The van der Waals surface area contributed by atoms with Gasteiger partial charge in [0.2, 0.25) is 5.91 Å². The van der Waals surface area contributed by atoms with Gasteiger partial charge < -0.3 is 20.0 Å². The normalized spacial score (nSPS) is 15.4. The molecule has 0 saturated carbocycles. The maximum Gasteiger partial charge on any atom is 0.219 e. The summed E-state index contributed by atoms with van der Waals surface area (Å²) in [6, 6.07) is 8.47. The van der Waals surface area contributed by atoms with E-state index in [0.717, 1.165) is 38.7 Å². The summed E-state index contributed by atoms with van der Waals surface area (Å²) < 4.78 is 0. The van der Waals surface area contributed by atoms with E-state index in [1.165, 1.54) is 11.3 Å². The van der Waals surface area contributed by atoms with E-state index in [1.807, 2.05) is 19.0 Å². The summed E-state index contributed by atoms with van der Waals surface area (Å²) >= 11 is 0. The summed E-state index contributed by atoms with van der Waals surface area (Å²) in [5, 5.41) is 3.36. The Balaban J connectivity index is 1.99. The number of amides is 1. The molecule has 6 heteroatoms. The standard InChI is InChI=1S/C18H29N5O/c1-5-19-18(23-12-10-22(11-13-23)15(2)24)20-14-16-6-8-17(9-7-16)21(3)4/h6-9H,5,10-14H2,1-4H3,(H,19,20). The topological polar surface area (TPSA) is 51.2 Å². The number of carbonyl (C=O) groups is 1. The Kier molecular flexibility index (Phi) is 6.46. The third kappa shape index (κ3) is 4.88. The minimum Gasteiger partial charge on any atom is -0.378 e. The number of nitrogens with one attached hydrogen (secondary N) is 1. The zero-order valence-corrected chi connectivity index (χ0v) is 15.2. The van der Waals surface area contributed by atoms with Crippen LogP contribution in [-0.2, 0) is 11.3 Å². The average Bonchev–Trinajstić information content (AvgIpc) is 2.59. The van der Waals surface area contributed by atoms with Gasteiger partial charge in [0.25, 0.3) is 0 Å². The second kappa shape index (κ2) is 8.57. The second-order valence-corrected chi connectivity index (χ2v) is 6.22. The Morgan fingerprint density at radius 1 is 1.12 bits per heavy atom. The molecule has 6 nitrogen and oxygen atoms in total. The lowest BCUT2D eigenvalue weighted by Crippen LogP contribution is -2.53. The minimum absolute atomic E-state index is 0.151. The van der Waals surface area contributed by atoms with E-state index in [2.05, 4.69) is 46.3 Å². The van der Waals surface area contributed by atoms with Crippen LogP contribution in [0.15, 0.2) is 29.3 Å². The van der Waals surface area contributed by atoms with Crippen LogP contribution in [-0.4, -0.2) is 68.5 Å². The van der Waals surface area contributed by atoms with Gasteiger partial charge in [-0.05, 0) is 24.6 Å². The smallest absolute Gasteiger partial charge is 0.219 e. The molecule has 1 N–H and O–H groups in total. The lowest BCUT2D eigenvalue weighted by Gasteiger charge is -2.36. The van der Waals surface area contributed by atoms with Gasteiger partial charge in [0.05, 0.1) is 6.54 Å². The van der Waals surface area contributed by atoms with Crippen molar-refractivity contribution in [1.29, 1.82) is 0 Å². The summed E-state index contributed by atoms with van der Waals surface area (Å²) in [7, 11) is 4.08. The fourth-order valence-electron chi connectivity index (χ4n) is 2.72. The van der Waals surface area contributed by atoms with Crippen LogP contribution in [0.25, 0.3) is 0 Å². The van der Waals surface area contributed by atoms with E-state index in [-0.39, 0.29) is 5.91 Å². The van der Waals surface area contributed by atoms with E-state index in [1.54, 1.807) is 6.92 Å². The largest absolute Gasteiger partial charge is 0.378 e. The number of piperazine rings is 1. The molecule has 1 amide bonds. The molecule has 24 heavy (non-hydrogen) atoms. The molecular weight excluding hydrogens is 302 g/mol. The first kappa shape index (κ1) is 18.1. The fraction of sp³-hybridized carbons (Fsp3) is 0.556. The molecule has 1 aromatic rings. The summed E-state index contributed by atoms with van der Waals surface area (Å²) in [6.45, 7) is 8.37. The van der Waals surface area contributed by atoms with Crippen molar-refractivity contribution in [2.24, 2.45) is 4.99 Å². The van der Waals surface area contributed by atoms with E-state index < -0.39 is 0 Å². The van der Waals surface area contributed by atoms with Crippen LogP contribution in [0.2, 0.25) is 0 Å². The molecule has 0 aromatic heterocycles. The van der Waals surface area contributed by atoms with Crippen molar-refractivity contribution in [3.63, 3.8) is 0 Å². The summed E-state index contributed by atoms with van der Waals surface area (Å²) in [6.07, 6.45) is 0. The van der Waals surface area contributed by atoms with Gasteiger partial charge in [0.15, 0.2) is 5.96 Å². The summed E-state index contributed by atoms with van der Waals surface area (Å²) in [4.78, 5) is 22.4. The highest BCUT2D eigenvalue weighted by atomic mass is 16.2. The quantitative estimate of drug-likeness (QED) is 0.669. The third-order valence-electron chi connectivity index (χ3n) is 4.22. The van der Waals surface area contributed by atoms with Crippen LogP contribution in [0.5, 0.6) is 0 Å². The van der Waals surface area contributed by atoms with Crippen molar-refractivity contribution < 1.29 is 4.79 Å². The molecule has 132 valence electrons. The molecular formula is C18H29N5O. The number of aliphatic imine (C=N–C) groups is 1. The van der Waals surface area contributed by atoms with Crippen molar-refractivity contribution in [3.8, 4) is 0 Å². The number of nitrogens with zero attached hydrogens (tertiary/aromatic N) is 4. The van der Waals surface area contributed by atoms with Gasteiger partial charge in [0.1, 0.15) is 0 Å². The van der Waals surface area contributed by atoms with Crippen molar-refractivity contribution in [2.45, 2.75) is 20.4 Å².